The van der Waals surface area contributed by atoms with Crippen LogP contribution >= 0.6 is 0 Å². The summed E-state index contributed by atoms with van der Waals surface area (Å²) in [7, 11) is 0. The predicted molar refractivity (Wildman–Crippen MR) is 72.6 cm³/mol. The Kier molecular flexibility index (Phi) is 3.40. The fraction of sp³-hybridized carbons (Fsp3) is 0.867. The number of aliphatic carboxylic acids is 1. The Morgan fingerprint density at radius 2 is 1.74 bits per heavy atom. The Balaban J connectivity index is 2.02. The normalized spacial score (nSPS) is 33.3. The fourth-order valence-corrected chi connectivity index (χ4v) is 3.26. The summed E-state index contributed by atoms with van der Waals surface area (Å²) in [6.45, 7) is 9.80. The van der Waals surface area contributed by atoms with Gasteiger partial charge in [0.25, 0.3) is 0 Å². The average molecular weight is 267 g/mol. The first-order valence-corrected chi connectivity index (χ1v) is 7.23. The van der Waals surface area contributed by atoms with Crippen LogP contribution in [-0.2, 0) is 9.59 Å². The summed E-state index contributed by atoms with van der Waals surface area (Å²) in [4.78, 5) is 25.8. The van der Waals surface area contributed by atoms with E-state index in [0.717, 1.165) is 25.9 Å². The van der Waals surface area contributed by atoms with Crippen molar-refractivity contribution in [1.29, 1.82) is 0 Å². The molecule has 0 radical (unpaired) electrons. The van der Waals surface area contributed by atoms with Gasteiger partial charge in [-0.1, -0.05) is 27.7 Å². The van der Waals surface area contributed by atoms with Crippen LogP contribution in [0.4, 0.5) is 0 Å². The largest absolute Gasteiger partial charge is 0.481 e. The van der Waals surface area contributed by atoms with E-state index < -0.39 is 11.4 Å². The van der Waals surface area contributed by atoms with E-state index in [1.54, 1.807) is 0 Å². The molecule has 1 heterocycles. The van der Waals surface area contributed by atoms with Crippen LogP contribution in [-0.4, -0.2) is 35.0 Å². The maximum absolute atomic E-state index is 12.5. The molecule has 4 nitrogen and oxygen atoms in total. The monoisotopic (exact) mass is 267 g/mol. The third-order valence-corrected chi connectivity index (χ3v) is 5.16. The molecule has 1 aliphatic heterocycles. The van der Waals surface area contributed by atoms with Crippen molar-refractivity contribution in [1.82, 2.24) is 4.90 Å². The van der Waals surface area contributed by atoms with E-state index >= 15 is 0 Å². The predicted octanol–water partition coefficient (Wildman–Crippen LogP) is 2.38. The van der Waals surface area contributed by atoms with E-state index in [0.29, 0.717) is 11.8 Å². The molecule has 0 aromatic rings. The number of hydrogen-bond donors (Lipinski definition) is 1. The highest BCUT2D eigenvalue weighted by Crippen LogP contribution is 2.59. The Hall–Kier alpha value is -1.06. The SMILES string of the molecule is CC(C)C1(C(=O)O)CC1C(=O)N1CCC(C)(C)CC1. The average Bonchev–Trinajstić information content (AvgIpc) is 3.04. The Morgan fingerprint density at radius 3 is 2.11 bits per heavy atom. The van der Waals surface area contributed by atoms with Gasteiger partial charge in [0, 0.05) is 13.1 Å². The maximum Gasteiger partial charge on any atom is 0.310 e. The number of carbonyl (C=O) groups excluding carboxylic acids is 1. The smallest absolute Gasteiger partial charge is 0.310 e. The van der Waals surface area contributed by atoms with Crippen molar-refractivity contribution < 1.29 is 14.7 Å². The van der Waals surface area contributed by atoms with Crippen molar-refractivity contribution in [3.63, 3.8) is 0 Å². The van der Waals surface area contributed by atoms with E-state index in [4.69, 9.17) is 0 Å². The molecule has 2 fully saturated rings. The number of carbonyl (C=O) groups is 2. The molecule has 0 aromatic heterocycles. The minimum atomic E-state index is -0.807. The Bertz CT molecular complexity index is 392. The van der Waals surface area contributed by atoms with Crippen LogP contribution in [0.2, 0.25) is 0 Å². The third-order valence-electron chi connectivity index (χ3n) is 5.16. The molecule has 1 aliphatic carbocycles. The van der Waals surface area contributed by atoms with Crippen LogP contribution in [0, 0.1) is 22.7 Å². The Morgan fingerprint density at radius 1 is 1.21 bits per heavy atom. The lowest BCUT2D eigenvalue weighted by molar-refractivity contribution is -0.149. The molecule has 19 heavy (non-hydrogen) atoms. The van der Waals surface area contributed by atoms with Crippen LogP contribution in [0.25, 0.3) is 0 Å². The van der Waals surface area contributed by atoms with Gasteiger partial charge in [-0.05, 0) is 30.6 Å². The zero-order valence-electron chi connectivity index (χ0n) is 12.4. The van der Waals surface area contributed by atoms with Gasteiger partial charge >= 0.3 is 5.97 Å². The van der Waals surface area contributed by atoms with Crippen molar-refractivity contribution in [2.24, 2.45) is 22.7 Å². The lowest BCUT2D eigenvalue weighted by Crippen LogP contribution is -2.43. The van der Waals surface area contributed by atoms with Crippen molar-refractivity contribution in [2.75, 3.05) is 13.1 Å². The summed E-state index contributed by atoms with van der Waals surface area (Å²) in [5, 5.41) is 9.40. The third kappa shape index (κ3) is 2.37. The van der Waals surface area contributed by atoms with Gasteiger partial charge in [-0.3, -0.25) is 9.59 Å². The highest BCUT2D eigenvalue weighted by molar-refractivity contribution is 5.93. The van der Waals surface area contributed by atoms with E-state index in [1.807, 2.05) is 18.7 Å². The second-order valence-corrected chi connectivity index (χ2v) is 7.25. The number of carboxylic acids is 1. The summed E-state index contributed by atoms with van der Waals surface area (Å²) >= 11 is 0. The van der Waals surface area contributed by atoms with Crippen LogP contribution in [0.1, 0.15) is 47.0 Å². The molecule has 1 saturated heterocycles. The van der Waals surface area contributed by atoms with E-state index in [-0.39, 0.29) is 17.7 Å². The van der Waals surface area contributed by atoms with Crippen molar-refractivity contribution in [3.8, 4) is 0 Å². The molecular weight excluding hydrogens is 242 g/mol. The minimum absolute atomic E-state index is 0.0141. The number of carboxylic acid groups (broad SMARTS) is 1. The minimum Gasteiger partial charge on any atom is -0.481 e. The van der Waals surface area contributed by atoms with Crippen molar-refractivity contribution in [2.45, 2.75) is 47.0 Å². The van der Waals surface area contributed by atoms with E-state index in [2.05, 4.69) is 13.8 Å². The number of piperidine rings is 1. The quantitative estimate of drug-likeness (QED) is 0.854. The topological polar surface area (TPSA) is 57.6 Å². The van der Waals surface area contributed by atoms with Gasteiger partial charge < -0.3 is 10.0 Å². The highest BCUT2D eigenvalue weighted by atomic mass is 16.4. The highest BCUT2D eigenvalue weighted by Gasteiger charge is 2.66. The maximum atomic E-state index is 12.5. The number of nitrogens with zero attached hydrogens (tertiary/aromatic N) is 1. The number of rotatable bonds is 3. The van der Waals surface area contributed by atoms with E-state index in [9.17, 15) is 14.7 Å². The van der Waals surface area contributed by atoms with Crippen molar-refractivity contribution in [3.05, 3.63) is 0 Å². The molecule has 0 spiro atoms. The van der Waals surface area contributed by atoms with Crippen LogP contribution in [0.15, 0.2) is 0 Å². The molecule has 0 aromatic carbocycles. The van der Waals surface area contributed by atoms with Crippen LogP contribution in [0.3, 0.4) is 0 Å². The van der Waals surface area contributed by atoms with Crippen molar-refractivity contribution >= 4 is 11.9 Å². The molecule has 0 bridgehead atoms. The molecular formula is C15H25NO3. The molecule has 108 valence electrons. The fourth-order valence-electron chi connectivity index (χ4n) is 3.26. The van der Waals surface area contributed by atoms with Gasteiger partial charge in [0.05, 0.1) is 11.3 Å². The number of hydrogen-bond acceptors (Lipinski definition) is 2. The van der Waals surface area contributed by atoms with Crippen LogP contribution < -0.4 is 0 Å². The van der Waals surface area contributed by atoms with Gasteiger partial charge in [0.15, 0.2) is 0 Å². The lowest BCUT2D eigenvalue weighted by Gasteiger charge is -2.37. The summed E-state index contributed by atoms with van der Waals surface area (Å²) in [6, 6.07) is 0. The van der Waals surface area contributed by atoms with Gasteiger partial charge in [0.2, 0.25) is 5.91 Å². The molecule has 1 N–H and O–H groups in total. The summed E-state index contributed by atoms with van der Waals surface area (Å²) in [5.74, 6) is -1.03. The van der Waals surface area contributed by atoms with Crippen LogP contribution in [0.5, 0.6) is 0 Å². The molecule has 2 rings (SSSR count). The number of likely N-dealkylation sites (tertiary alicyclic amines) is 1. The summed E-state index contributed by atoms with van der Waals surface area (Å²) in [5.41, 5.74) is -0.494. The first-order chi connectivity index (χ1) is 8.70. The van der Waals surface area contributed by atoms with Gasteiger partial charge in [-0.2, -0.15) is 0 Å². The summed E-state index contributed by atoms with van der Waals surface area (Å²) < 4.78 is 0. The zero-order chi connectivity index (χ0) is 14.4. The van der Waals surface area contributed by atoms with Gasteiger partial charge in [0.1, 0.15) is 0 Å². The first kappa shape index (κ1) is 14.4. The van der Waals surface area contributed by atoms with Gasteiger partial charge in [-0.15, -0.1) is 0 Å². The summed E-state index contributed by atoms with van der Waals surface area (Å²) in [6.07, 6.45) is 2.53. The second kappa shape index (κ2) is 4.50. The number of amides is 1. The lowest BCUT2D eigenvalue weighted by atomic mass is 9.82. The molecule has 2 aliphatic rings. The standard InChI is InChI=1S/C15H25NO3/c1-10(2)15(13(18)19)9-11(15)12(17)16-7-5-14(3,4)6-8-16/h10-11H,5-9H2,1-4H3,(H,18,19). The molecule has 4 heteroatoms. The molecule has 1 saturated carbocycles. The molecule has 2 unspecified atom stereocenters. The molecule has 1 amide bonds. The second-order valence-electron chi connectivity index (χ2n) is 7.25. The zero-order valence-corrected chi connectivity index (χ0v) is 12.4. The Labute approximate surface area is 115 Å². The van der Waals surface area contributed by atoms with E-state index in [1.165, 1.54) is 0 Å². The van der Waals surface area contributed by atoms with Gasteiger partial charge in [-0.25, -0.2) is 0 Å². The molecule has 2 atom stereocenters. The first-order valence-electron chi connectivity index (χ1n) is 7.23.